The van der Waals surface area contributed by atoms with Crippen molar-refractivity contribution < 1.29 is 18.9 Å². The Bertz CT molecular complexity index is 931. The van der Waals surface area contributed by atoms with Crippen molar-refractivity contribution in [3.05, 3.63) is 48.8 Å². The molecule has 0 aromatic heterocycles. The number of anilines is 2. The molecule has 0 atom stereocenters. The lowest BCUT2D eigenvalue weighted by atomic mass is 10.2. The minimum atomic E-state index is 0.596. The van der Waals surface area contributed by atoms with Crippen molar-refractivity contribution in [1.29, 1.82) is 0 Å². The van der Waals surface area contributed by atoms with Gasteiger partial charge in [-0.2, -0.15) is 0 Å². The molecular weight excluding hydrogens is 384 g/mol. The van der Waals surface area contributed by atoms with Gasteiger partial charge in [0.1, 0.15) is 0 Å². The number of aliphatic imine (C=N–C) groups is 2. The van der Waals surface area contributed by atoms with E-state index in [1.54, 1.807) is 77.6 Å². The molecule has 30 heavy (non-hydrogen) atoms. The first-order valence-corrected chi connectivity index (χ1v) is 9.13. The third-order valence-corrected chi connectivity index (χ3v) is 4.27. The van der Waals surface area contributed by atoms with E-state index in [4.69, 9.17) is 18.9 Å². The Kier molecular flexibility index (Phi) is 6.94. The van der Waals surface area contributed by atoms with Crippen molar-refractivity contribution in [2.45, 2.75) is 0 Å². The van der Waals surface area contributed by atoms with Crippen LogP contribution >= 0.6 is 0 Å². The van der Waals surface area contributed by atoms with Crippen molar-refractivity contribution in [2.24, 2.45) is 9.98 Å². The van der Waals surface area contributed by atoms with Crippen LogP contribution in [-0.2, 0) is 0 Å². The van der Waals surface area contributed by atoms with Crippen LogP contribution in [0.3, 0.4) is 0 Å². The quantitative estimate of drug-likeness (QED) is 0.763. The van der Waals surface area contributed by atoms with Crippen LogP contribution in [0.2, 0.25) is 0 Å². The predicted molar refractivity (Wildman–Crippen MR) is 121 cm³/mol. The molecule has 1 aliphatic heterocycles. The highest BCUT2D eigenvalue weighted by atomic mass is 16.5. The molecule has 1 heterocycles. The van der Waals surface area contributed by atoms with Gasteiger partial charge in [0.05, 0.1) is 51.2 Å². The molecular formula is C22H24N4O4. The van der Waals surface area contributed by atoms with E-state index < -0.39 is 0 Å². The van der Waals surface area contributed by atoms with E-state index in [1.165, 1.54) is 0 Å². The molecule has 0 spiro atoms. The molecule has 1 aliphatic rings. The van der Waals surface area contributed by atoms with Crippen LogP contribution in [0.25, 0.3) is 0 Å². The smallest absolute Gasteiger partial charge is 0.163 e. The van der Waals surface area contributed by atoms with E-state index in [0.717, 1.165) is 11.4 Å². The highest BCUT2D eigenvalue weighted by Crippen LogP contribution is 2.39. The number of hydrogen-bond donors (Lipinski definition) is 2. The first-order valence-electron chi connectivity index (χ1n) is 9.13. The minimum Gasteiger partial charge on any atom is -0.493 e. The van der Waals surface area contributed by atoms with Gasteiger partial charge in [-0.05, 0) is 12.2 Å². The summed E-state index contributed by atoms with van der Waals surface area (Å²) in [7, 11) is 6.36. The van der Waals surface area contributed by atoms with Gasteiger partial charge in [-0.3, -0.25) is 9.98 Å². The van der Waals surface area contributed by atoms with Gasteiger partial charge in [0.25, 0.3) is 0 Å². The minimum absolute atomic E-state index is 0.596. The first-order chi connectivity index (χ1) is 14.7. The van der Waals surface area contributed by atoms with Crippen LogP contribution in [0.1, 0.15) is 0 Å². The predicted octanol–water partition coefficient (Wildman–Crippen LogP) is 4.69. The van der Waals surface area contributed by atoms with Gasteiger partial charge in [0.15, 0.2) is 23.0 Å². The molecule has 3 rings (SSSR count). The Morgan fingerprint density at radius 1 is 0.567 bits per heavy atom. The van der Waals surface area contributed by atoms with Gasteiger partial charge < -0.3 is 29.6 Å². The molecule has 8 heteroatoms. The fraction of sp³-hybridized carbons (Fsp3) is 0.182. The molecule has 0 amide bonds. The summed E-state index contributed by atoms with van der Waals surface area (Å²) in [5, 5.41) is 6.40. The molecule has 0 aliphatic carbocycles. The lowest BCUT2D eigenvalue weighted by Gasteiger charge is -2.13. The molecule has 0 saturated carbocycles. The molecule has 0 bridgehead atoms. The van der Waals surface area contributed by atoms with Crippen LogP contribution in [-0.4, -0.2) is 40.9 Å². The van der Waals surface area contributed by atoms with E-state index in [2.05, 4.69) is 20.6 Å². The summed E-state index contributed by atoms with van der Waals surface area (Å²) in [6.45, 7) is 0. The van der Waals surface area contributed by atoms with Crippen molar-refractivity contribution in [3.8, 4) is 23.0 Å². The van der Waals surface area contributed by atoms with Gasteiger partial charge in [-0.1, -0.05) is 0 Å². The average Bonchev–Trinajstić information content (AvgIpc) is 2.78. The zero-order chi connectivity index (χ0) is 21.3. The second-order valence-electron chi connectivity index (χ2n) is 6.01. The molecule has 2 aromatic carbocycles. The number of benzene rings is 2. The summed E-state index contributed by atoms with van der Waals surface area (Å²) >= 11 is 0. The first kappa shape index (κ1) is 20.8. The molecule has 156 valence electrons. The normalized spacial score (nSPS) is 14.8. The summed E-state index contributed by atoms with van der Waals surface area (Å²) in [5.41, 5.74) is 2.92. The fourth-order valence-corrected chi connectivity index (χ4v) is 2.79. The zero-order valence-electron chi connectivity index (χ0n) is 17.3. The van der Waals surface area contributed by atoms with E-state index in [1.807, 2.05) is 12.1 Å². The molecule has 0 saturated heterocycles. The second-order valence-corrected chi connectivity index (χ2v) is 6.01. The Labute approximate surface area is 175 Å². The lowest BCUT2D eigenvalue weighted by molar-refractivity contribution is 0.355. The topological polar surface area (TPSA) is 85.7 Å². The molecule has 8 nitrogen and oxygen atoms in total. The Morgan fingerprint density at radius 3 is 1.30 bits per heavy atom. The zero-order valence-corrected chi connectivity index (χ0v) is 17.3. The molecule has 2 aromatic rings. The van der Waals surface area contributed by atoms with E-state index in [9.17, 15) is 0 Å². The number of allylic oxidation sites excluding steroid dienone is 2. The Hall–Kier alpha value is -3.94. The fourth-order valence-electron chi connectivity index (χ4n) is 2.79. The third kappa shape index (κ3) is 4.72. The van der Waals surface area contributed by atoms with Crippen LogP contribution < -0.4 is 29.6 Å². The van der Waals surface area contributed by atoms with Crippen LogP contribution in [0, 0.1) is 0 Å². The van der Waals surface area contributed by atoms with Crippen LogP contribution in [0.4, 0.5) is 22.7 Å². The molecule has 2 N–H and O–H groups in total. The summed E-state index contributed by atoms with van der Waals surface area (Å²) in [6, 6.07) is 7.26. The molecule has 0 unspecified atom stereocenters. The number of nitrogens with zero attached hydrogens (tertiary/aromatic N) is 2. The summed E-state index contributed by atoms with van der Waals surface area (Å²) in [4.78, 5) is 9.03. The summed E-state index contributed by atoms with van der Waals surface area (Å²) < 4.78 is 21.5. The second kappa shape index (κ2) is 10.0. The number of hydrogen-bond acceptors (Lipinski definition) is 8. The molecule has 0 radical (unpaired) electrons. The third-order valence-electron chi connectivity index (χ3n) is 4.27. The average molecular weight is 408 g/mol. The summed E-state index contributed by atoms with van der Waals surface area (Å²) in [5.74, 6) is 2.40. The number of ether oxygens (including phenoxy) is 4. The SMILES string of the molecule is COc1cc2c(cc1OC)N/C=C\C=Nc1cc(OC)c(OC)cc1N/C=C\C=N2. The number of rotatable bonds is 4. The van der Waals surface area contributed by atoms with E-state index in [-0.39, 0.29) is 0 Å². The monoisotopic (exact) mass is 408 g/mol. The number of fused-ring (bicyclic) bond motifs is 2. The molecule has 0 fully saturated rings. The van der Waals surface area contributed by atoms with E-state index >= 15 is 0 Å². The van der Waals surface area contributed by atoms with Gasteiger partial charge >= 0.3 is 0 Å². The maximum Gasteiger partial charge on any atom is 0.163 e. The Balaban J connectivity index is 1.99. The Morgan fingerprint density at radius 2 is 0.933 bits per heavy atom. The van der Waals surface area contributed by atoms with Crippen LogP contribution in [0.5, 0.6) is 23.0 Å². The maximum atomic E-state index is 5.38. The van der Waals surface area contributed by atoms with Gasteiger partial charge in [0, 0.05) is 49.1 Å². The van der Waals surface area contributed by atoms with Gasteiger partial charge in [-0.25, -0.2) is 0 Å². The number of nitrogens with one attached hydrogen (secondary N) is 2. The standard InChI is InChI=1S/C22H24N4O4/c1-27-19-11-15-16(12-20(19)28-2)24-8-6-10-26-18-14-22(30-4)21(29-3)13-17(18)25-9-5-7-23-15/h5-14,23,26H,1-4H3/b7-5-,10-6-,24-8?,25-9?. The van der Waals surface area contributed by atoms with Crippen molar-refractivity contribution in [1.82, 2.24) is 0 Å². The van der Waals surface area contributed by atoms with Gasteiger partial charge in [-0.15, -0.1) is 0 Å². The van der Waals surface area contributed by atoms with Gasteiger partial charge in [0.2, 0.25) is 0 Å². The summed E-state index contributed by atoms with van der Waals surface area (Å²) in [6.07, 6.45) is 10.5. The van der Waals surface area contributed by atoms with Crippen LogP contribution in [0.15, 0.2) is 58.8 Å². The highest BCUT2D eigenvalue weighted by molar-refractivity contribution is 5.84. The maximum absolute atomic E-state index is 5.38. The number of methoxy groups -OCH3 is 4. The highest BCUT2D eigenvalue weighted by Gasteiger charge is 2.11. The lowest BCUT2D eigenvalue weighted by Crippen LogP contribution is -1.95. The van der Waals surface area contributed by atoms with Crippen molar-refractivity contribution in [2.75, 3.05) is 39.1 Å². The largest absolute Gasteiger partial charge is 0.493 e. The van der Waals surface area contributed by atoms with E-state index in [0.29, 0.717) is 34.4 Å². The van der Waals surface area contributed by atoms with Crippen molar-refractivity contribution in [3.63, 3.8) is 0 Å². The van der Waals surface area contributed by atoms with Crippen molar-refractivity contribution >= 4 is 35.2 Å².